The maximum absolute atomic E-state index is 10.3. The van der Waals surface area contributed by atoms with Gasteiger partial charge in [-0.15, -0.1) is 5.10 Å². The molecule has 1 aliphatic heterocycles. The molecule has 1 fully saturated rings. The molecule has 5 aromatic rings. The average molecular weight is 583 g/mol. The van der Waals surface area contributed by atoms with Crippen LogP contribution in [0.25, 0.3) is 16.6 Å². The van der Waals surface area contributed by atoms with Crippen molar-refractivity contribution in [3.05, 3.63) is 71.3 Å². The SMILES string of the molecule is CC[C@H]1CC[C@@H](c2nc3c4ccc(OC)cc4nc(NCc4ccc(C)c(C)c4)n3n2)CN1c1cnn(CC(C)(C)O)c1. The molecule has 2 atom stereocenters. The fourth-order valence-corrected chi connectivity index (χ4v) is 6.08. The summed E-state index contributed by atoms with van der Waals surface area (Å²) in [6.07, 6.45) is 7.05. The lowest BCUT2D eigenvalue weighted by Crippen LogP contribution is -2.42. The highest BCUT2D eigenvalue weighted by molar-refractivity contribution is 5.93. The van der Waals surface area contributed by atoms with Crippen LogP contribution in [0.15, 0.2) is 48.8 Å². The van der Waals surface area contributed by atoms with E-state index >= 15 is 0 Å². The smallest absolute Gasteiger partial charge is 0.226 e. The van der Waals surface area contributed by atoms with Crippen molar-refractivity contribution < 1.29 is 9.84 Å². The minimum absolute atomic E-state index is 0.154. The topological polar surface area (TPSA) is 106 Å². The molecule has 226 valence electrons. The Balaban J connectivity index is 1.34. The molecule has 0 aliphatic carbocycles. The number of hydrogen-bond acceptors (Lipinski definition) is 8. The van der Waals surface area contributed by atoms with Crippen molar-refractivity contribution in [1.29, 1.82) is 0 Å². The van der Waals surface area contributed by atoms with E-state index in [2.05, 4.69) is 54.3 Å². The summed E-state index contributed by atoms with van der Waals surface area (Å²) in [5.41, 5.74) is 5.56. The molecule has 0 bridgehead atoms. The molecule has 4 heterocycles. The van der Waals surface area contributed by atoms with Gasteiger partial charge < -0.3 is 20.1 Å². The lowest BCUT2D eigenvalue weighted by molar-refractivity contribution is 0.0577. The van der Waals surface area contributed by atoms with Gasteiger partial charge in [0.15, 0.2) is 11.5 Å². The van der Waals surface area contributed by atoms with E-state index in [1.54, 1.807) is 21.0 Å². The summed E-state index contributed by atoms with van der Waals surface area (Å²) in [6.45, 7) is 12.0. The highest BCUT2D eigenvalue weighted by Gasteiger charge is 2.32. The first-order valence-electron chi connectivity index (χ1n) is 15.2. The predicted octanol–water partition coefficient (Wildman–Crippen LogP) is 5.65. The highest BCUT2D eigenvalue weighted by Crippen LogP contribution is 2.35. The van der Waals surface area contributed by atoms with Crippen molar-refractivity contribution in [2.45, 2.75) is 84.5 Å². The lowest BCUT2D eigenvalue weighted by atomic mass is 9.90. The van der Waals surface area contributed by atoms with Crippen LogP contribution < -0.4 is 15.0 Å². The predicted molar refractivity (Wildman–Crippen MR) is 170 cm³/mol. The number of methoxy groups -OCH3 is 1. The Labute approximate surface area is 252 Å². The summed E-state index contributed by atoms with van der Waals surface area (Å²) in [4.78, 5) is 12.6. The molecule has 0 amide bonds. The molecule has 10 nitrogen and oxygen atoms in total. The summed E-state index contributed by atoms with van der Waals surface area (Å²) < 4.78 is 9.19. The normalized spacial score (nSPS) is 17.6. The number of aryl methyl sites for hydroxylation is 2. The Kier molecular flexibility index (Phi) is 7.72. The number of piperidine rings is 1. The van der Waals surface area contributed by atoms with Gasteiger partial charge in [-0.05, 0) is 75.8 Å². The van der Waals surface area contributed by atoms with Gasteiger partial charge in [0.2, 0.25) is 5.95 Å². The monoisotopic (exact) mass is 582 g/mol. The first-order chi connectivity index (χ1) is 20.6. The molecule has 6 rings (SSSR count). The molecular formula is C33H42N8O2. The zero-order chi connectivity index (χ0) is 30.3. The van der Waals surface area contributed by atoms with Gasteiger partial charge >= 0.3 is 0 Å². The van der Waals surface area contributed by atoms with Gasteiger partial charge in [0.1, 0.15) is 5.75 Å². The number of rotatable bonds is 9. The summed E-state index contributed by atoms with van der Waals surface area (Å²) in [5, 5.41) is 24.4. The number of aromatic nitrogens is 6. The summed E-state index contributed by atoms with van der Waals surface area (Å²) in [6, 6.07) is 12.8. The Bertz CT molecular complexity index is 1750. The average Bonchev–Trinajstić information content (AvgIpc) is 3.64. The van der Waals surface area contributed by atoms with Gasteiger partial charge in [-0.3, -0.25) is 4.68 Å². The maximum atomic E-state index is 10.3. The van der Waals surface area contributed by atoms with E-state index in [0.29, 0.717) is 25.1 Å². The van der Waals surface area contributed by atoms with Crippen LogP contribution in [-0.2, 0) is 13.1 Å². The first kappa shape index (κ1) is 28.9. The van der Waals surface area contributed by atoms with Crippen molar-refractivity contribution >= 4 is 28.2 Å². The van der Waals surface area contributed by atoms with E-state index in [-0.39, 0.29) is 5.92 Å². The Morgan fingerprint density at radius 1 is 1.07 bits per heavy atom. The number of nitrogens with one attached hydrogen (secondary N) is 1. The van der Waals surface area contributed by atoms with Gasteiger partial charge in [0, 0.05) is 42.7 Å². The van der Waals surface area contributed by atoms with Gasteiger partial charge in [-0.1, -0.05) is 25.1 Å². The number of anilines is 2. The third-order valence-electron chi connectivity index (χ3n) is 8.56. The largest absolute Gasteiger partial charge is 0.497 e. The van der Waals surface area contributed by atoms with Crippen LogP contribution in [0.2, 0.25) is 0 Å². The van der Waals surface area contributed by atoms with Gasteiger partial charge in [-0.25, -0.2) is 9.97 Å². The van der Waals surface area contributed by atoms with E-state index in [4.69, 9.17) is 19.8 Å². The molecular weight excluding hydrogens is 540 g/mol. The summed E-state index contributed by atoms with van der Waals surface area (Å²) in [5.74, 6) is 2.38. The third-order valence-corrected chi connectivity index (χ3v) is 8.56. The Morgan fingerprint density at radius 3 is 2.65 bits per heavy atom. The number of hydrogen-bond donors (Lipinski definition) is 2. The van der Waals surface area contributed by atoms with Crippen LogP contribution in [0.3, 0.4) is 0 Å². The minimum atomic E-state index is -0.830. The molecule has 0 saturated carbocycles. The van der Waals surface area contributed by atoms with Gasteiger partial charge in [-0.2, -0.15) is 9.61 Å². The van der Waals surface area contributed by atoms with Crippen molar-refractivity contribution in [3.63, 3.8) is 0 Å². The molecule has 0 spiro atoms. The lowest BCUT2D eigenvalue weighted by Gasteiger charge is -2.39. The molecule has 10 heteroatoms. The molecule has 0 radical (unpaired) electrons. The highest BCUT2D eigenvalue weighted by atomic mass is 16.5. The molecule has 43 heavy (non-hydrogen) atoms. The number of fused-ring (bicyclic) bond motifs is 3. The second-order valence-corrected chi connectivity index (χ2v) is 12.5. The van der Waals surface area contributed by atoms with E-state index in [9.17, 15) is 5.11 Å². The van der Waals surface area contributed by atoms with E-state index in [1.165, 1.54) is 16.7 Å². The summed E-state index contributed by atoms with van der Waals surface area (Å²) >= 11 is 0. The quantitative estimate of drug-likeness (QED) is 0.230. The first-order valence-corrected chi connectivity index (χ1v) is 15.2. The number of nitrogens with zero attached hydrogens (tertiary/aromatic N) is 7. The van der Waals surface area contributed by atoms with Crippen molar-refractivity contribution in [3.8, 4) is 5.75 Å². The van der Waals surface area contributed by atoms with Gasteiger partial charge in [0.05, 0.1) is 36.7 Å². The zero-order valence-electron chi connectivity index (χ0n) is 26.0. The minimum Gasteiger partial charge on any atom is -0.497 e. The summed E-state index contributed by atoms with van der Waals surface area (Å²) in [7, 11) is 1.67. The zero-order valence-corrected chi connectivity index (χ0v) is 26.0. The molecule has 3 aromatic heterocycles. The second kappa shape index (κ2) is 11.5. The fourth-order valence-electron chi connectivity index (χ4n) is 6.08. The van der Waals surface area contributed by atoms with Gasteiger partial charge in [0.25, 0.3) is 0 Å². The fraction of sp³-hybridized carbons (Fsp3) is 0.455. The molecule has 0 unspecified atom stereocenters. The molecule has 2 N–H and O–H groups in total. The van der Waals surface area contributed by atoms with Crippen LogP contribution in [0, 0.1) is 13.8 Å². The number of ether oxygens (including phenoxy) is 1. The van der Waals surface area contributed by atoms with Crippen LogP contribution >= 0.6 is 0 Å². The number of aliphatic hydroxyl groups is 1. The third kappa shape index (κ3) is 6.01. The molecule has 1 saturated heterocycles. The van der Waals surface area contributed by atoms with E-state index < -0.39 is 5.60 Å². The molecule has 2 aromatic carbocycles. The standard InChI is InChI=1S/C33H42N8O2/c1-7-25-11-10-24(18-40(25)26-17-35-39(19-26)20-33(4,5)42)30-37-31-28-13-12-27(43-6)15-29(28)36-32(41(31)38-30)34-16-23-9-8-21(2)22(3)14-23/h8-9,12-15,17,19,24-25,42H,7,10-11,16,18,20H2,1-6H3,(H,34,36)/t24-,25+/m1/s1. The van der Waals surface area contributed by atoms with Crippen LogP contribution in [0.5, 0.6) is 5.75 Å². The number of benzene rings is 2. The van der Waals surface area contributed by atoms with Crippen molar-refractivity contribution in [2.24, 2.45) is 0 Å². The maximum Gasteiger partial charge on any atom is 0.226 e. The van der Waals surface area contributed by atoms with Crippen molar-refractivity contribution in [1.82, 2.24) is 29.4 Å². The molecule has 1 aliphatic rings. The van der Waals surface area contributed by atoms with Crippen LogP contribution in [0.4, 0.5) is 11.6 Å². The van der Waals surface area contributed by atoms with Crippen molar-refractivity contribution in [2.75, 3.05) is 23.9 Å². The van der Waals surface area contributed by atoms with E-state index in [1.807, 2.05) is 39.8 Å². The second-order valence-electron chi connectivity index (χ2n) is 12.5. The van der Waals surface area contributed by atoms with Crippen LogP contribution in [-0.4, -0.2) is 59.8 Å². The van der Waals surface area contributed by atoms with E-state index in [0.717, 1.165) is 59.6 Å². The Hall–Kier alpha value is -4.18. The Morgan fingerprint density at radius 2 is 1.91 bits per heavy atom. The van der Waals surface area contributed by atoms with Crippen LogP contribution in [0.1, 0.15) is 68.5 Å².